The van der Waals surface area contributed by atoms with E-state index in [1.165, 1.54) is 6.33 Å². The number of nitrogens with zero attached hydrogens (tertiary/aromatic N) is 3. The number of aromatic nitrogens is 3. The molecule has 2 aliphatic heterocycles. The van der Waals surface area contributed by atoms with E-state index in [9.17, 15) is 9.36 Å². The quantitative estimate of drug-likeness (QED) is 0.105. The van der Waals surface area contributed by atoms with Gasteiger partial charge in [-0.15, -0.1) is 0 Å². The lowest BCUT2D eigenvalue weighted by molar-refractivity contribution is -0.220. The third kappa shape index (κ3) is 6.48. The first-order valence-electron chi connectivity index (χ1n) is 15.8. The summed E-state index contributed by atoms with van der Waals surface area (Å²) in [6.07, 6.45) is 1.72. The Kier molecular flexibility index (Phi) is 9.07. The maximum Gasteiger partial charge on any atom is 0.459 e. The van der Waals surface area contributed by atoms with Crippen molar-refractivity contribution in [3.63, 3.8) is 0 Å². The van der Waals surface area contributed by atoms with E-state index in [-0.39, 0.29) is 6.61 Å². The minimum atomic E-state index is -4.29. The Bertz CT molecular complexity index is 1810. The van der Waals surface area contributed by atoms with Gasteiger partial charge >= 0.3 is 13.7 Å². The molecule has 0 amide bonds. The summed E-state index contributed by atoms with van der Waals surface area (Å²) in [6.45, 7) is 11.1. The summed E-state index contributed by atoms with van der Waals surface area (Å²) < 4.78 is 54.0. The minimum absolute atomic E-state index is 0.252. The molecule has 13 nitrogen and oxygen atoms in total. The fraction of sp³-hybridized carbons (Fsp3) is 0.485. The Morgan fingerprint density at radius 2 is 1.87 bits per heavy atom. The molecule has 2 fully saturated rings. The zero-order valence-corrected chi connectivity index (χ0v) is 28.3. The number of hydrogen-bond acceptors (Lipinski definition) is 11. The highest BCUT2D eigenvalue weighted by molar-refractivity contribution is 7.52. The molecule has 0 radical (unpaired) electrons. The summed E-state index contributed by atoms with van der Waals surface area (Å²) >= 11 is 0. The number of carbonyl (C=O) groups excluding carboxylic acids is 1. The van der Waals surface area contributed by atoms with Gasteiger partial charge in [-0.1, -0.05) is 49.7 Å². The third-order valence-corrected chi connectivity index (χ3v) is 10.2. The van der Waals surface area contributed by atoms with Crippen LogP contribution < -0.4 is 15.3 Å². The number of hydrogen-bond donors (Lipinski definition) is 2. The van der Waals surface area contributed by atoms with Crippen LogP contribution in [0.25, 0.3) is 21.8 Å². The van der Waals surface area contributed by atoms with Crippen molar-refractivity contribution in [3.8, 4) is 5.75 Å². The summed E-state index contributed by atoms with van der Waals surface area (Å²) in [5, 5.41) is 5.09. The summed E-state index contributed by atoms with van der Waals surface area (Å²) in [6, 6.07) is 13.8. The van der Waals surface area contributed by atoms with Crippen molar-refractivity contribution in [2.24, 2.45) is 0 Å². The number of ether oxygens (including phenoxy) is 4. The van der Waals surface area contributed by atoms with E-state index in [4.69, 9.17) is 33.7 Å². The smallest absolute Gasteiger partial charge is 0.459 e. The van der Waals surface area contributed by atoms with Crippen LogP contribution >= 0.6 is 7.75 Å². The molecule has 4 heterocycles. The lowest BCUT2D eigenvalue weighted by atomic mass is 9.94. The van der Waals surface area contributed by atoms with Gasteiger partial charge in [0, 0.05) is 11.6 Å². The van der Waals surface area contributed by atoms with Crippen LogP contribution in [0.15, 0.2) is 61.1 Å². The second kappa shape index (κ2) is 12.8. The number of benzene rings is 2. The largest absolute Gasteiger partial charge is 0.465 e. The van der Waals surface area contributed by atoms with Crippen LogP contribution in [0.4, 0.5) is 5.82 Å². The lowest BCUT2D eigenvalue weighted by Gasteiger charge is -2.31. The molecule has 7 unspecified atom stereocenters. The maximum absolute atomic E-state index is 14.7. The number of carbonyl (C=O) groups is 1. The molecule has 0 aliphatic carbocycles. The molecule has 4 aromatic rings. The number of esters is 1. The number of rotatable bonds is 12. The van der Waals surface area contributed by atoms with Gasteiger partial charge in [-0.05, 0) is 58.6 Å². The van der Waals surface area contributed by atoms with Crippen molar-refractivity contribution in [1.82, 2.24) is 19.6 Å². The molecule has 0 spiro atoms. The monoisotopic (exact) mass is 667 g/mol. The summed E-state index contributed by atoms with van der Waals surface area (Å²) in [4.78, 5) is 21.4. The van der Waals surface area contributed by atoms with Gasteiger partial charge < -0.3 is 33.8 Å². The van der Waals surface area contributed by atoms with Gasteiger partial charge in [0.25, 0.3) is 0 Å². The van der Waals surface area contributed by atoms with E-state index < -0.39 is 55.7 Å². The molecule has 252 valence electrons. The molecule has 7 atom stereocenters. The molecular formula is C33H42N5O8P. The summed E-state index contributed by atoms with van der Waals surface area (Å²) in [5.41, 5.74) is 5.67. The van der Waals surface area contributed by atoms with E-state index >= 15 is 0 Å². The third-order valence-electron chi connectivity index (χ3n) is 8.49. The molecule has 2 aromatic heterocycles. The molecule has 47 heavy (non-hydrogen) atoms. The number of unbranched alkanes of at least 4 members (excludes halogenated alkanes) is 1. The molecule has 6 rings (SSSR count). The molecular weight excluding hydrogens is 625 g/mol. The molecule has 0 bridgehead atoms. The van der Waals surface area contributed by atoms with Crippen LogP contribution in [0.5, 0.6) is 5.75 Å². The van der Waals surface area contributed by atoms with Crippen molar-refractivity contribution in [2.45, 2.75) is 96.4 Å². The Hall–Kier alpha value is -3.58. The predicted molar refractivity (Wildman–Crippen MR) is 175 cm³/mol. The second-order valence-electron chi connectivity index (χ2n) is 12.6. The van der Waals surface area contributed by atoms with Crippen molar-refractivity contribution in [3.05, 3.63) is 61.1 Å². The van der Waals surface area contributed by atoms with Gasteiger partial charge in [0.05, 0.1) is 18.1 Å². The van der Waals surface area contributed by atoms with E-state index in [0.717, 1.165) is 17.2 Å². The highest BCUT2D eigenvalue weighted by Gasteiger charge is 2.66. The zero-order chi connectivity index (χ0) is 33.6. The number of nitrogens with two attached hydrogens (primary N) is 1. The van der Waals surface area contributed by atoms with Gasteiger partial charge in [0.15, 0.2) is 12.0 Å². The van der Waals surface area contributed by atoms with Gasteiger partial charge in [-0.25, -0.2) is 14.5 Å². The Morgan fingerprint density at radius 3 is 2.66 bits per heavy atom. The standard InChI is InChI=1S/C33H42N5O8P/c1-7-8-18-41-30(39)20(2)37-47(40,45-25-15-11-13-22-12-9-10-14-23(22)25)44-21(3)26-27-33(6,46-32(4,5)43-27)31(42-26)38-17-16-24-28(34)35-19-36-29(24)38/h9-17,19-21,26-27,31H,7-8,18H2,1-6H3,(H,37,40)(H2,34,35,36). The highest BCUT2D eigenvalue weighted by Crippen LogP contribution is 2.55. The molecule has 2 saturated heterocycles. The molecule has 2 aromatic carbocycles. The van der Waals surface area contributed by atoms with Gasteiger partial charge in [-0.3, -0.25) is 9.32 Å². The van der Waals surface area contributed by atoms with Gasteiger partial charge in [-0.2, -0.15) is 5.09 Å². The molecule has 2 aliphatic rings. The average Bonchev–Trinajstić information content (AvgIpc) is 3.64. The van der Waals surface area contributed by atoms with Gasteiger partial charge in [0.2, 0.25) is 0 Å². The van der Waals surface area contributed by atoms with Crippen LogP contribution in [-0.4, -0.2) is 62.9 Å². The van der Waals surface area contributed by atoms with Gasteiger partial charge in [0.1, 0.15) is 47.4 Å². The van der Waals surface area contributed by atoms with E-state index in [2.05, 4.69) is 15.1 Å². The van der Waals surface area contributed by atoms with E-state index in [1.807, 2.05) is 74.9 Å². The maximum atomic E-state index is 14.7. The predicted octanol–water partition coefficient (Wildman–Crippen LogP) is 5.89. The lowest BCUT2D eigenvalue weighted by Crippen LogP contribution is -2.44. The fourth-order valence-corrected chi connectivity index (χ4v) is 8.06. The van der Waals surface area contributed by atoms with Crippen LogP contribution in [0.3, 0.4) is 0 Å². The van der Waals surface area contributed by atoms with Crippen molar-refractivity contribution < 1.29 is 37.4 Å². The van der Waals surface area contributed by atoms with Crippen LogP contribution in [0.1, 0.15) is 60.6 Å². The second-order valence-corrected chi connectivity index (χ2v) is 14.3. The average molecular weight is 668 g/mol. The highest BCUT2D eigenvalue weighted by atomic mass is 31.2. The van der Waals surface area contributed by atoms with Crippen molar-refractivity contribution in [1.29, 1.82) is 0 Å². The normalized spacial score (nSPS) is 26.1. The zero-order valence-electron chi connectivity index (χ0n) is 27.4. The number of fused-ring (bicyclic) bond motifs is 3. The SMILES string of the molecule is CCCCOC(=O)C(C)NP(=O)(Oc1cccc2ccccc12)OC(C)C1OC(n2ccc3c(N)ncnc32)C2(C)OC(C)(C)OC12. The molecule has 14 heteroatoms. The first-order chi connectivity index (χ1) is 22.3. The first kappa shape index (κ1) is 33.3. The van der Waals surface area contributed by atoms with Crippen molar-refractivity contribution >= 4 is 41.3 Å². The Balaban J connectivity index is 1.32. The van der Waals surface area contributed by atoms with Crippen LogP contribution in [0, 0.1) is 0 Å². The molecule has 3 N–H and O–H groups in total. The molecule has 0 saturated carbocycles. The fourth-order valence-electron chi connectivity index (χ4n) is 6.35. The Morgan fingerprint density at radius 1 is 1.11 bits per heavy atom. The van der Waals surface area contributed by atoms with Crippen LogP contribution in [-0.2, 0) is 32.8 Å². The van der Waals surface area contributed by atoms with E-state index in [0.29, 0.717) is 29.0 Å². The Labute approximate surface area is 273 Å². The van der Waals surface area contributed by atoms with Crippen LogP contribution in [0.2, 0.25) is 0 Å². The minimum Gasteiger partial charge on any atom is -0.465 e. The number of nitrogen functional groups attached to an aromatic ring is 1. The topological polar surface area (TPSA) is 158 Å². The first-order valence-corrected chi connectivity index (χ1v) is 17.4. The number of anilines is 1. The summed E-state index contributed by atoms with van der Waals surface area (Å²) in [5.74, 6) is -0.874. The summed E-state index contributed by atoms with van der Waals surface area (Å²) in [7, 11) is -4.29. The van der Waals surface area contributed by atoms with E-state index in [1.54, 1.807) is 26.0 Å². The number of nitrogens with one attached hydrogen (secondary N) is 1. The van der Waals surface area contributed by atoms with Crippen molar-refractivity contribution in [2.75, 3.05) is 12.3 Å².